The molecule has 2 nitrogen and oxygen atoms in total. The van der Waals surface area contributed by atoms with Crippen LogP contribution in [-0.4, -0.2) is 12.6 Å². The van der Waals surface area contributed by atoms with Crippen molar-refractivity contribution < 1.29 is 9.53 Å². The summed E-state index contributed by atoms with van der Waals surface area (Å²) in [5, 5.41) is 0. The topological polar surface area (TPSA) is 26.3 Å². The first-order chi connectivity index (χ1) is 19.2. The molecule has 0 saturated heterocycles. The third kappa shape index (κ3) is 34.7. The molecule has 2 heteroatoms. The SMILES string of the molecule is CC/C=C\C/C=C\C/C=C\CCCCCCCC(=O)OCCCCCCCCCCCCCCCCC(C)C. The highest BCUT2D eigenvalue weighted by molar-refractivity contribution is 5.69. The number of allylic oxidation sites excluding steroid dienone is 6. The van der Waals surface area contributed by atoms with Gasteiger partial charge < -0.3 is 4.74 Å². The van der Waals surface area contributed by atoms with Gasteiger partial charge in [0.05, 0.1) is 6.61 Å². The van der Waals surface area contributed by atoms with Crippen molar-refractivity contribution >= 4 is 5.97 Å². The van der Waals surface area contributed by atoms with Gasteiger partial charge in [-0.3, -0.25) is 4.79 Å². The summed E-state index contributed by atoms with van der Waals surface area (Å²) in [6.07, 6.45) is 44.8. The molecule has 0 aromatic heterocycles. The maximum Gasteiger partial charge on any atom is 0.305 e. The molecule has 0 N–H and O–H groups in total. The van der Waals surface area contributed by atoms with E-state index in [9.17, 15) is 4.79 Å². The highest BCUT2D eigenvalue weighted by Gasteiger charge is 2.02. The van der Waals surface area contributed by atoms with E-state index in [1.54, 1.807) is 0 Å². The van der Waals surface area contributed by atoms with Crippen LogP contribution in [0.2, 0.25) is 0 Å². The van der Waals surface area contributed by atoms with Crippen molar-refractivity contribution in [1.82, 2.24) is 0 Å². The predicted octanol–water partition coefficient (Wildman–Crippen LogP) is 12.6. The Morgan fingerprint density at radius 3 is 1.51 bits per heavy atom. The molecule has 0 aromatic rings. The Bertz CT molecular complexity index is 572. The van der Waals surface area contributed by atoms with Crippen molar-refractivity contribution in [2.75, 3.05) is 6.61 Å². The third-order valence-electron chi connectivity index (χ3n) is 7.47. The molecule has 0 unspecified atom stereocenters. The Kier molecular flexibility index (Phi) is 31.8. The minimum Gasteiger partial charge on any atom is -0.466 e. The molecule has 39 heavy (non-hydrogen) atoms. The molecule has 0 aliphatic carbocycles. The first kappa shape index (κ1) is 37.7. The smallest absolute Gasteiger partial charge is 0.305 e. The lowest BCUT2D eigenvalue weighted by Crippen LogP contribution is -2.05. The van der Waals surface area contributed by atoms with Crippen molar-refractivity contribution in [2.24, 2.45) is 5.92 Å². The molecule has 0 amide bonds. The van der Waals surface area contributed by atoms with Gasteiger partial charge in [0, 0.05) is 6.42 Å². The van der Waals surface area contributed by atoms with Gasteiger partial charge >= 0.3 is 5.97 Å². The zero-order valence-corrected chi connectivity index (χ0v) is 26.7. The lowest BCUT2D eigenvalue weighted by Gasteiger charge is -2.06. The van der Waals surface area contributed by atoms with E-state index in [1.807, 2.05) is 0 Å². The summed E-state index contributed by atoms with van der Waals surface area (Å²) in [7, 11) is 0. The minimum atomic E-state index is 0.00623. The maximum atomic E-state index is 11.9. The van der Waals surface area contributed by atoms with E-state index >= 15 is 0 Å². The van der Waals surface area contributed by atoms with Crippen LogP contribution in [0.3, 0.4) is 0 Å². The van der Waals surface area contributed by atoms with E-state index < -0.39 is 0 Å². The molecular weight excluding hydrogens is 476 g/mol. The predicted molar refractivity (Wildman–Crippen MR) is 174 cm³/mol. The van der Waals surface area contributed by atoms with Gasteiger partial charge in [-0.2, -0.15) is 0 Å². The second kappa shape index (κ2) is 32.9. The van der Waals surface area contributed by atoms with Crippen molar-refractivity contribution in [3.05, 3.63) is 36.5 Å². The lowest BCUT2D eigenvalue weighted by atomic mass is 10.0. The van der Waals surface area contributed by atoms with Crippen LogP contribution in [0.4, 0.5) is 0 Å². The van der Waals surface area contributed by atoms with Crippen LogP contribution in [0, 0.1) is 5.92 Å². The summed E-state index contributed by atoms with van der Waals surface area (Å²) < 4.78 is 5.43. The van der Waals surface area contributed by atoms with Crippen LogP contribution in [-0.2, 0) is 9.53 Å². The number of carbonyl (C=O) groups is 1. The Morgan fingerprint density at radius 1 is 0.538 bits per heavy atom. The summed E-state index contributed by atoms with van der Waals surface area (Å²) in [5.74, 6) is 0.879. The molecule has 0 fully saturated rings. The molecular formula is C37H68O2. The van der Waals surface area contributed by atoms with Gasteiger partial charge in [-0.15, -0.1) is 0 Å². The molecule has 0 spiro atoms. The van der Waals surface area contributed by atoms with E-state index in [0.717, 1.165) is 44.4 Å². The average molecular weight is 545 g/mol. The second-order valence-electron chi connectivity index (χ2n) is 12.0. The summed E-state index contributed by atoms with van der Waals surface area (Å²) in [5.41, 5.74) is 0. The number of esters is 1. The van der Waals surface area contributed by atoms with Gasteiger partial charge in [-0.1, -0.05) is 166 Å². The van der Waals surface area contributed by atoms with Crippen LogP contribution in [0.15, 0.2) is 36.5 Å². The van der Waals surface area contributed by atoms with Crippen LogP contribution in [0.25, 0.3) is 0 Å². The Labute approximate surface area is 245 Å². The number of rotatable bonds is 30. The molecule has 228 valence electrons. The van der Waals surface area contributed by atoms with E-state index in [-0.39, 0.29) is 5.97 Å². The van der Waals surface area contributed by atoms with Crippen molar-refractivity contribution in [1.29, 1.82) is 0 Å². The van der Waals surface area contributed by atoms with E-state index in [0.29, 0.717) is 13.0 Å². The highest BCUT2D eigenvalue weighted by Crippen LogP contribution is 2.15. The molecule has 0 aliphatic rings. The molecule has 0 bridgehead atoms. The maximum absolute atomic E-state index is 11.9. The van der Waals surface area contributed by atoms with Crippen LogP contribution in [0.5, 0.6) is 0 Å². The quantitative estimate of drug-likeness (QED) is 0.0510. The fraction of sp³-hybridized carbons (Fsp3) is 0.811. The molecule has 0 aliphatic heterocycles. The van der Waals surface area contributed by atoms with Gasteiger partial charge in [0.2, 0.25) is 0 Å². The van der Waals surface area contributed by atoms with E-state index in [2.05, 4.69) is 57.2 Å². The zero-order valence-electron chi connectivity index (χ0n) is 26.7. The van der Waals surface area contributed by atoms with Gasteiger partial charge in [0.25, 0.3) is 0 Å². The van der Waals surface area contributed by atoms with Crippen LogP contribution < -0.4 is 0 Å². The summed E-state index contributed by atoms with van der Waals surface area (Å²) >= 11 is 0. The van der Waals surface area contributed by atoms with Crippen molar-refractivity contribution in [3.63, 3.8) is 0 Å². The normalized spacial score (nSPS) is 12.1. The van der Waals surface area contributed by atoms with E-state index in [1.165, 1.54) is 116 Å². The Balaban J connectivity index is 3.24. The Hall–Kier alpha value is -1.31. The van der Waals surface area contributed by atoms with Gasteiger partial charge in [-0.05, 0) is 50.9 Å². The number of carbonyl (C=O) groups excluding carboxylic acids is 1. The van der Waals surface area contributed by atoms with Crippen LogP contribution >= 0.6 is 0 Å². The number of hydrogen-bond donors (Lipinski definition) is 0. The fourth-order valence-corrected chi connectivity index (χ4v) is 4.92. The van der Waals surface area contributed by atoms with Crippen molar-refractivity contribution in [2.45, 2.75) is 181 Å². The Morgan fingerprint density at radius 2 is 0.974 bits per heavy atom. The second-order valence-corrected chi connectivity index (χ2v) is 12.0. The number of unbranched alkanes of at least 4 members (excludes halogenated alkanes) is 18. The van der Waals surface area contributed by atoms with Crippen LogP contribution in [0.1, 0.15) is 181 Å². The van der Waals surface area contributed by atoms with Gasteiger partial charge in [0.1, 0.15) is 0 Å². The minimum absolute atomic E-state index is 0.00623. The molecule has 0 saturated carbocycles. The monoisotopic (exact) mass is 545 g/mol. The molecule has 0 aromatic carbocycles. The highest BCUT2D eigenvalue weighted by atomic mass is 16.5. The average Bonchev–Trinajstić information content (AvgIpc) is 2.92. The zero-order chi connectivity index (χ0) is 28.5. The molecule has 0 rings (SSSR count). The van der Waals surface area contributed by atoms with E-state index in [4.69, 9.17) is 4.74 Å². The largest absolute Gasteiger partial charge is 0.466 e. The summed E-state index contributed by atoms with van der Waals surface area (Å²) in [4.78, 5) is 11.9. The van der Waals surface area contributed by atoms with Gasteiger partial charge in [0.15, 0.2) is 0 Å². The van der Waals surface area contributed by atoms with Gasteiger partial charge in [-0.25, -0.2) is 0 Å². The summed E-state index contributed by atoms with van der Waals surface area (Å²) in [6, 6.07) is 0. The number of hydrogen-bond acceptors (Lipinski definition) is 2. The first-order valence-electron chi connectivity index (χ1n) is 17.3. The molecule has 0 heterocycles. The summed E-state index contributed by atoms with van der Waals surface area (Å²) in [6.45, 7) is 7.45. The lowest BCUT2D eigenvalue weighted by molar-refractivity contribution is -0.143. The molecule has 0 atom stereocenters. The number of ether oxygens (including phenoxy) is 1. The third-order valence-corrected chi connectivity index (χ3v) is 7.47. The van der Waals surface area contributed by atoms with Crippen molar-refractivity contribution in [3.8, 4) is 0 Å². The first-order valence-corrected chi connectivity index (χ1v) is 17.3. The molecule has 0 radical (unpaired) electrons. The standard InChI is InChI=1S/C37H68O2/c1-4-5-6-7-8-9-10-11-12-16-19-22-25-28-31-34-37(38)39-35-32-29-26-23-20-17-14-13-15-18-21-24-27-30-33-36(2)3/h5-6,8-9,11-12,36H,4,7,10,13-35H2,1-3H3/b6-5-,9-8-,12-11-. The fourth-order valence-electron chi connectivity index (χ4n) is 4.92.